The van der Waals surface area contributed by atoms with Crippen molar-refractivity contribution in [3.05, 3.63) is 101 Å². The SMILES string of the molecule is Fc1ccc([C@@H](Cc2ccccc2)c2cc(F)cc(OC(F)(F)C(F)F)c2)cc1. The van der Waals surface area contributed by atoms with Crippen molar-refractivity contribution < 1.29 is 31.1 Å². The molecule has 0 saturated heterocycles. The highest BCUT2D eigenvalue weighted by molar-refractivity contribution is 5.39. The van der Waals surface area contributed by atoms with Gasteiger partial charge in [-0.25, -0.2) is 8.78 Å². The maximum Gasteiger partial charge on any atom is 0.461 e. The first kappa shape index (κ1) is 20.8. The Hall–Kier alpha value is -2.96. The summed E-state index contributed by atoms with van der Waals surface area (Å²) in [7, 11) is 0. The average Bonchev–Trinajstić information content (AvgIpc) is 2.67. The lowest BCUT2D eigenvalue weighted by Gasteiger charge is -2.21. The smallest absolute Gasteiger partial charge is 0.428 e. The molecule has 0 aliphatic heterocycles. The van der Waals surface area contributed by atoms with Crippen molar-refractivity contribution >= 4 is 0 Å². The Balaban J connectivity index is 2.01. The van der Waals surface area contributed by atoms with Crippen molar-refractivity contribution in [3.63, 3.8) is 0 Å². The molecular formula is C22H16F6O. The van der Waals surface area contributed by atoms with Crippen LogP contribution >= 0.6 is 0 Å². The third kappa shape index (κ3) is 5.31. The van der Waals surface area contributed by atoms with E-state index in [1.807, 2.05) is 18.2 Å². The standard InChI is InChI=1S/C22H16F6O/c23-17-8-6-15(7-9-17)20(10-14-4-2-1-3-5-14)16-11-18(24)13-19(12-16)29-22(27,28)21(25)26/h1-9,11-13,20-21H,10H2/t20-/m1/s1. The molecule has 0 fully saturated rings. The molecule has 0 saturated carbocycles. The van der Waals surface area contributed by atoms with Gasteiger partial charge in [-0.15, -0.1) is 0 Å². The van der Waals surface area contributed by atoms with Crippen LogP contribution in [0.5, 0.6) is 5.75 Å². The van der Waals surface area contributed by atoms with Crippen molar-refractivity contribution in [1.82, 2.24) is 0 Å². The van der Waals surface area contributed by atoms with Gasteiger partial charge in [0.2, 0.25) is 0 Å². The van der Waals surface area contributed by atoms with E-state index in [0.29, 0.717) is 18.1 Å². The summed E-state index contributed by atoms with van der Waals surface area (Å²) in [4.78, 5) is 0. The lowest BCUT2D eigenvalue weighted by atomic mass is 9.86. The Kier molecular flexibility index (Phi) is 6.15. The van der Waals surface area contributed by atoms with Crippen molar-refractivity contribution in [2.24, 2.45) is 0 Å². The molecule has 1 nitrogen and oxygen atoms in total. The second-order valence-electron chi connectivity index (χ2n) is 6.48. The molecule has 0 N–H and O–H groups in total. The molecule has 3 aromatic carbocycles. The molecule has 0 radical (unpaired) electrons. The number of rotatable bonds is 7. The minimum atomic E-state index is -4.75. The second kappa shape index (κ2) is 8.59. The molecule has 0 aromatic heterocycles. The van der Waals surface area contributed by atoms with Crippen molar-refractivity contribution in [2.75, 3.05) is 0 Å². The Bertz CT molecular complexity index is 941. The normalized spacial score (nSPS) is 12.8. The van der Waals surface area contributed by atoms with Crippen LogP contribution in [-0.2, 0) is 6.42 Å². The van der Waals surface area contributed by atoms with E-state index in [2.05, 4.69) is 4.74 Å². The zero-order valence-electron chi connectivity index (χ0n) is 15.0. The summed E-state index contributed by atoms with van der Waals surface area (Å²) in [5.41, 5.74) is 1.71. The van der Waals surface area contributed by atoms with Crippen molar-refractivity contribution in [2.45, 2.75) is 24.9 Å². The van der Waals surface area contributed by atoms with Crippen molar-refractivity contribution in [3.8, 4) is 5.75 Å². The molecule has 0 spiro atoms. The molecule has 3 aromatic rings. The van der Waals surface area contributed by atoms with Crippen LogP contribution in [0.2, 0.25) is 0 Å². The van der Waals surface area contributed by atoms with Gasteiger partial charge < -0.3 is 4.74 Å². The molecule has 1 atom stereocenters. The fraction of sp³-hybridized carbons (Fsp3) is 0.182. The molecule has 3 rings (SSSR count). The quantitative estimate of drug-likeness (QED) is 0.400. The molecule has 152 valence electrons. The lowest BCUT2D eigenvalue weighted by molar-refractivity contribution is -0.253. The van der Waals surface area contributed by atoms with Crippen LogP contribution in [0.25, 0.3) is 0 Å². The third-order valence-corrected chi connectivity index (χ3v) is 4.36. The summed E-state index contributed by atoms with van der Waals surface area (Å²) >= 11 is 0. The number of halogens is 6. The summed E-state index contributed by atoms with van der Waals surface area (Å²) in [5.74, 6) is -2.64. The van der Waals surface area contributed by atoms with Crippen LogP contribution in [0.1, 0.15) is 22.6 Å². The number of hydrogen-bond donors (Lipinski definition) is 0. The molecule has 0 bridgehead atoms. The van der Waals surface area contributed by atoms with E-state index < -0.39 is 35.8 Å². The van der Waals surface area contributed by atoms with E-state index in [1.165, 1.54) is 24.3 Å². The summed E-state index contributed by atoms with van der Waals surface area (Å²) in [6.07, 6.45) is -8.47. The topological polar surface area (TPSA) is 9.23 Å². The zero-order valence-corrected chi connectivity index (χ0v) is 15.0. The van der Waals surface area contributed by atoms with Crippen LogP contribution in [0.4, 0.5) is 26.3 Å². The highest BCUT2D eigenvalue weighted by atomic mass is 19.3. The first-order chi connectivity index (χ1) is 13.7. The summed E-state index contributed by atoms with van der Waals surface area (Å²) < 4.78 is 82.9. The van der Waals surface area contributed by atoms with E-state index in [9.17, 15) is 26.3 Å². The average molecular weight is 410 g/mol. The Labute approximate surface area is 163 Å². The van der Waals surface area contributed by atoms with Crippen LogP contribution in [-0.4, -0.2) is 12.5 Å². The maximum absolute atomic E-state index is 14.1. The first-order valence-electron chi connectivity index (χ1n) is 8.69. The first-order valence-corrected chi connectivity index (χ1v) is 8.69. The van der Waals surface area contributed by atoms with Gasteiger partial charge in [-0.3, -0.25) is 0 Å². The Morgan fingerprint density at radius 2 is 1.41 bits per heavy atom. The van der Waals surface area contributed by atoms with Crippen molar-refractivity contribution in [1.29, 1.82) is 0 Å². The van der Waals surface area contributed by atoms with Gasteiger partial charge in [-0.2, -0.15) is 17.6 Å². The van der Waals surface area contributed by atoms with Gasteiger partial charge in [0.15, 0.2) is 0 Å². The highest BCUT2D eigenvalue weighted by Gasteiger charge is 2.44. The van der Waals surface area contributed by atoms with Gasteiger partial charge in [-0.05, 0) is 47.4 Å². The zero-order chi connectivity index (χ0) is 21.0. The fourth-order valence-corrected chi connectivity index (χ4v) is 3.02. The van der Waals surface area contributed by atoms with Crippen LogP contribution in [0.15, 0.2) is 72.8 Å². The molecule has 0 aliphatic carbocycles. The van der Waals surface area contributed by atoms with E-state index in [1.54, 1.807) is 12.1 Å². The molecule has 29 heavy (non-hydrogen) atoms. The van der Waals surface area contributed by atoms with E-state index >= 15 is 0 Å². The van der Waals surface area contributed by atoms with Gasteiger partial charge in [0.25, 0.3) is 0 Å². The van der Waals surface area contributed by atoms with Gasteiger partial charge in [0.05, 0.1) is 0 Å². The van der Waals surface area contributed by atoms with Crippen LogP contribution in [0.3, 0.4) is 0 Å². The monoisotopic (exact) mass is 410 g/mol. The Morgan fingerprint density at radius 1 is 0.759 bits per heavy atom. The van der Waals surface area contributed by atoms with Gasteiger partial charge in [-0.1, -0.05) is 42.5 Å². The van der Waals surface area contributed by atoms with Gasteiger partial charge in [0.1, 0.15) is 17.4 Å². The fourth-order valence-electron chi connectivity index (χ4n) is 3.02. The van der Waals surface area contributed by atoms with Crippen LogP contribution in [0, 0.1) is 11.6 Å². The third-order valence-electron chi connectivity index (χ3n) is 4.36. The largest absolute Gasteiger partial charge is 0.461 e. The maximum atomic E-state index is 14.1. The number of alkyl halides is 4. The summed E-state index contributed by atoms with van der Waals surface area (Å²) in [6.45, 7) is 0. The Morgan fingerprint density at radius 3 is 2.03 bits per heavy atom. The van der Waals surface area contributed by atoms with Gasteiger partial charge in [0, 0.05) is 12.0 Å². The van der Waals surface area contributed by atoms with E-state index in [-0.39, 0.29) is 5.56 Å². The summed E-state index contributed by atoms with van der Waals surface area (Å²) in [6, 6.07) is 17.4. The molecule has 0 heterocycles. The van der Waals surface area contributed by atoms with Gasteiger partial charge >= 0.3 is 12.5 Å². The molecule has 7 heteroatoms. The molecular weight excluding hydrogens is 394 g/mol. The lowest BCUT2D eigenvalue weighted by Crippen LogP contribution is -2.33. The minimum absolute atomic E-state index is 0.237. The number of ether oxygens (including phenoxy) is 1. The molecule has 0 aliphatic rings. The van der Waals surface area contributed by atoms with E-state index in [0.717, 1.165) is 17.7 Å². The minimum Gasteiger partial charge on any atom is -0.428 e. The predicted molar refractivity (Wildman–Crippen MR) is 96.4 cm³/mol. The summed E-state index contributed by atoms with van der Waals surface area (Å²) in [5, 5.41) is 0. The second-order valence-corrected chi connectivity index (χ2v) is 6.48. The predicted octanol–water partition coefficient (Wildman–Crippen LogP) is 6.58. The number of hydrogen-bond acceptors (Lipinski definition) is 1. The molecule has 0 unspecified atom stereocenters. The molecule has 0 amide bonds. The van der Waals surface area contributed by atoms with E-state index in [4.69, 9.17) is 0 Å². The van der Waals surface area contributed by atoms with Crippen LogP contribution < -0.4 is 4.74 Å². The highest BCUT2D eigenvalue weighted by Crippen LogP contribution is 2.34. The number of benzene rings is 3.